The Bertz CT molecular complexity index is 1380. The van der Waals surface area contributed by atoms with Crippen molar-refractivity contribution in [2.24, 2.45) is 0 Å². The van der Waals surface area contributed by atoms with Gasteiger partial charge >= 0.3 is 6.09 Å². The van der Waals surface area contributed by atoms with E-state index in [-0.39, 0.29) is 12.1 Å². The van der Waals surface area contributed by atoms with Gasteiger partial charge < -0.3 is 19.7 Å². The number of fused-ring (bicyclic) bond motifs is 2. The van der Waals surface area contributed by atoms with E-state index in [1.165, 1.54) is 0 Å². The van der Waals surface area contributed by atoms with E-state index in [4.69, 9.17) is 21.3 Å². The van der Waals surface area contributed by atoms with Crippen LogP contribution in [-0.4, -0.2) is 67.7 Å². The molecule has 38 heavy (non-hydrogen) atoms. The van der Waals surface area contributed by atoms with Crippen molar-refractivity contribution in [2.75, 3.05) is 26.2 Å². The van der Waals surface area contributed by atoms with Crippen molar-refractivity contribution in [3.05, 3.63) is 81.7 Å². The van der Waals surface area contributed by atoms with Gasteiger partial charge in [-0.05, 0) is 81.2 Å². The molecule has 0 saturated carbocycles. The molecule has 5 rings (SSSR count). The van der Waals surface area contributed by atoms with Gasteiger partial charge in [-0.2, -0.15) is 0 Å². The maximum absolute atomic E-state index is 12.7. The second-order valence-corrected chi connectivity index (χ2v) is 11.6. The lowest BCUT2D eigenvalue weighted by atomic mass is 9.83. The minimum Gasteiger partial charge on any atom is -0.444 e. The number of carbonyl (C=O) groups excluding carboxylic acids is 1. The number of aliphatic hydroxyl groups is 1. The van der Waals surface area contributed by atoms with Gasteiger partial charge in [0.2, 0.25) is 0 Å². The highest BCUT2D eigenvalue weighted by Gasteiger charge is 2.40. The standard InChI is InChI=1S/C29H34ClN5O3/c1-18-26(33-17-32-18)29(5,37)23-15-19-7-6-10-31-24(19)25(21-9-8-20(30)16-22(21)23)34-11-13-35(14-12-34)27(36)38-28(2,3)4/h6-10,15-17,25,37H,11-14H2,1-5H3,(H,32,33)/t25-,29?/m0/s1. The number of amides is 1. The van der Waals surface area contributed by atoms with Crippen molar-refractivity contribution in [1.29, 1.82) is 0 Å². The summed E-state index contributed by atoms with van der Waals surface area (Å²) in [7, 11) is 0. The number of aromatic nitrogens is 3. The lowest BCUT2D eigenvalue weighted by molar-refractivity contribution is 0.0117. The first kappa shape index (κ1) is 26.4. The van der Waals surface area contributed by atoms with E-state index >= 15 is 0 Å². The van der Waals surface area contributed by atoms with E-state index < -0.39 is 11.2 Å². The predicted octanol–water partition coefficient (Wildman–Crippen LogP) is 5.17. The molecular formula is C29H34ClN5O3. The number of carbonyl (C=O) groups is 1. The molecule has 9 heteroatoms. The number of hydrogen-bond donors (Lipinski definition) is 2. The zero-order valence-electron chi connectivity index (χ0n) is 22.5. The maximum Gasteiger partial charge on any atom is 0.410 e. The average Bonchev–Trinajstić information content (AvgIpc) is 3.24. The Kier molecular flexibility index (Phi) is 6.84. The smallest absolute Gasteiger partial charge is 0.410 e. The summed E-state index contributed by atoms with van der Waals surface area (Å²) < 4.78 is 5.60. The van der Waals surface area contributed by atoms with E-state index in [2.05, 4.69) is 14.9 Å². The number of piperazine rings is 1. The van der Waals surface area contributed by atoms with Crippen molar-refractivity contribution in [2.45, 2.75) is 51.9 Å². The van der Waals surface area contributed by atoms with Gasteiger partial charge in [0, 0.05) is 43.1 Å². The first-order valence-corrected chi connectivity index (χ1v) is 13.3. The largest absolute Gasteiger partial charge is 0.444 e. The number of aromatic amines is 1. The van der Waals surface area contributed by atoms with Crippen molar-refractivity contribution in [1.82, 2.24) is 24.8 Å². The summed E-state index contributed by atoms with van der Waals surface area (Å²) >= 11 is 6.54. The highest BCUT2D eigenvalue weighted by Crippen LogP contribution is 2.46. The third-order valence-corrected chi connectivity index (χ3v) is 7.41. The fourth-order valence-electron chi connectivity index (χ4n) is 5.40. The molecule has 3 aromatic rings. The van der Waals surface area contributed by atoms with E-state index in [0.29, 0.717) is 42.5 Å². The van der Waals surface area contributed by atoms with E-state index in [1.807, 2.05) is 64.1 Å². The van der Waals surface area contributed by atoms with Gasteiger partial charge in [0.05, 0.1) is 23.8 Å². The molecule has 0 radical (unpaired) electrons. The first-order valence-electron chi connectivity index (χ1n) is 12.9. The van der Waals surface area contributed by atoms with Gasteiger partial charge in [0.15, 0.2) is 0 Å². The van der Waals surface area contributed by atoms with Crippen molar-refractivity contribution in [3.8, 4) is 0 Å². The molecule has 1 amide bonds. The van der Waals surface area contributed by atoms with E-state index in [0.717, 1.165) is 28.1 Å². The SMILES string of the molecule is Cc1[nH]cnc1C(C)(O)C1=Cc2cccnc2[C@@H](N2CCN(C(=O)OC(C)(C)C)CC2)c2ccc(Cl)cc21. The number of aryl methyl sites for hydroxylation is 1. The normalized spacial score (nSPS) is 19.6. The molecule has 1 aliphatic carbocycles. The Labute approximate surface area is 228 Å². The molecule has 1 fully saturated rings. The van der Waals surface area contributed by atoms with Crippen molar-refractivity contribution >= 4 is 29.3 Å². The second-order valence-electron chi connectivity index (χ2n) is 11.1. The highest BCUT2D eigenvalue weighted by molar-refractivity contribution is 6.30. The average molecular weight is 536 g/mol. The van der Waals surface area contributed by atoms with Crippen molar-refractivity contribution in [3.63, 3.8) is 0 Å². The van der Waals surface area contributed by atoms with Crippen LogP contribution in [0.3, 0.4) is 0 Å². The maximum atomic E-state index is 12.7. The van der Waals surface area contributed by atoms with Crippen LogP contribution in [0, 0.1) is 6.92 Å². The number of nitrogens with zero attached hydrogens (tertiary/aromatic N) is 4. The minimum absolute atomic E-state index is 0.191. The fraction of sp³-hybridized carbons (Fsp3) is 0.414. The van der Waals surface area contributed by atoms with Crippen LogP contribution in [-0.2, 0) is 10.3 Å². The number of H-pyrrole nitrogens is 1. The predicted molar refractivity (Wildman–Crippen MR) is 148 cm³/mol. The monoisotopic (exact) mass is 535 g/mol. The van der Waals surface area contributed by atoms with Crippen LogP contribution >= 0.6 is 11.6 Å². The molecule has 1 aromatic carbocycles. The molecule has 1 unspecified atom stereocenters. The second kappa shape index (κ2) is 9.84. The Morgan fingerprint density at radius 3 is 2.53 bits per heavy atom. The number of hydrogen-bond acceptors (Lipinski definition) is 6. The summed E-state index contributed by atoms with van der Waals surface area (Å²) in [5.41, 5.74) is 3.79. The van der Waals surface area contributed by atoms with Crippen LogP contribution in [0.25, 0.3) is 11.6 Å². The number of nitrogens with one attached hydrogen (secondary N) is 1. The molecule has 0 bridgehead atoms. The van der Waals surface area contributed by atoms with Crippen molar-refractivity contribution < 1.29 is 14.6 Å². The zero-order chi connectivity index (χ0) is 27.2. The number of ether oxygens (including phenoxy) is 1. The molecule has 8 nitrogen and oxygen atoms in total. The molecule has 2 aliphatic rings. The van der Waals surface area contributed by atoms with Crippen LogP contribution in [0.4, 0.5) is 4.79 Å². The number of rotatable bonds is 3. The summed E-state index contributed by atoms with van der Waals surface area (Å²) in [5.74, 6) is 0. The van der Waals surface area contributed by atoms with Gasteiger partial charge in [0.1, 0.15) is 11.2 Å². The summed E-state index contributed by atoms with van der Waals surface area (Å²) in [5, 5.41) is 12.5. The van der Waals surface area contributed by atoms with Crippen LogP contribution < -0.4 is 0 Å². The van der Waals surface area contributed by atoms with E-state index in [9.17, 15) is 9.90 Å². The Morgan fingerprint density at radius 1 is 1.13 bits per heavy atom. The molecule has 1 saturated heterocycles. The summed E-state index contributed by atoms with van der Waals surface area (Å²) in [6.07, 6.45) is 5.10. The topological polar surface area (TPSA) is 94.6 Å². The molecule has 2 N–H and O–H groups in total. The number of imidazole rings is 1. The van der Waals surface area contributed by atoms with Gasteiger partial charge in [0.25, 0.3) is 0 Å². The highest BCUT2D eigenvalue weighted by atomic mass is 35.5. The van der Waals surface area contributed by atoms with E-state index in [1.54, 1.807) is 24.3 Å². The molecule has 200 valence electrons. The molecular weight excluding hydrogens is 502 g/mol. The number of halogens is 1. The molecule has 3 heterocycles. The zero-order valence-corrected chi connectivity index (χ0v) is 23.2. The lowest BCUT2D eigenvalue weighted by Gasteiger charge is -2.40. The summed E-state index contributed by atoms with van der Waals surface area (Å²) in [4.78, 5) is 29.2. The van der Waals surface area contributed by atoms with Gasteiger partial charge in [-0.15, -0.1) is 0 Å². The third-order valence-electron chi connectivity index (χ3n) is 7.18. The Balaban J connectivity index is 1.57. The third kappa shape index (κ3) is 4.96. The quantitative estimate of drug-likeness (QED) is 0.480. The van der Waals surface area contributed by atoms with Crippen LogP contribution in [0.15, 0.2) is 42.9 Å². The van der Waals surface area contributed by atoms with Gasteiger partial charge in [-0.3, -0.25) is 9.88 Å². The molecule has 2 aromatic heterocycles. The fourth-order valence-corrected chi connectivity index (χ4v) is 5.57. The molecule has 2 atom stereocenters. The summed E-state index contributed by atoms with van der Waals surface area (Å²) in [6, 6.07) is 9.55. The first-order chi connectivity index (χ1) is 18.0. The van der Waals surface area contributed by atoms with Gasteiger partial charge in [-0.25, -0.2) is 9.78 Å². The lowest BCUT2D eigenvalue weighted by Crippen LogP contribution is -2.51. The Hall–Kier alpha value is -3.20. The van der Waals surface area contributed by atoms with Gasteiger partial charge in [-0.1, -0.05) is 23.7 Å². The molecule has 0 spiro atoms. The summed E-state index contributed by atoms with van der Waals surface area (Å²) in [6.45, 7) is 11.7. The van der Waals surface area contributed by atoms with Crippen LogP contribution in [0.2, 0.25) is 5.02 Å². The molecule has 1 aliphatic heterocycles. The van der Waals surface area contributed by atoms with Crippen LogP contribution in [0.1, 0.15) is 67.5 Å². The van der Waals surface area contributed by atoms with Crippen LogP contribution in [0.5, 0.6) is 0 Å². The minimum atomic E-state index is -1.39. The Morgan fingerprint density at radius 2 is 1.87 bits per heavy atom. The number of pyridine rings is 1. The number of benzene rings is 1.